The second-order valence-corrected chi connectivity index (χ2v) is 7.25. The van der Waals surface area contributed by atoms with Gasteiger partial charge in [-0.05, 0) is 38.8 Å². The third kappa shape index (κ3) is 4.22. The quantitative estimate of drug-likeness (QED) is 0.762. The molecule has 1 aromatic rings. The van der Waals surface area contributed by atoms with Crippen LogP contribution in [-0.2, 0) is 9.53 Å². The van der Waals surface area contributed by atoms with E-state index in [0.717, 1.165) is 50.3 Å². The van der Waals surface area contributed by atoms with E-state index in [-0.39, 0.29) is 11.5 Å². The van der Waals surface area contributed by atoms with Crippen molar-refractivity contribution in [2.24, 2.45) is 4.99 Å². The Hall–Kier alpha value is -1.98. The molecule has 0 aliphatic carbocycles. The number of piperidine rings is 1. The minimum Gasteiger partial charge on any atom is -0.360 e. The van der Waals surface area contributed by atoms with Crippen LogP contribution in [0.3, 0.4) is 0 Å². The molecule has 1 spiro atoms. The zero-order valence-corrected chi connectivity index (χ0v) is 15.9. The van der Waals surface area contributed by atoms with Crippen LogP contribution in [0, 0.1) is 0 Å². The highest BCUT2D eigenvalue weighted by molar-refractivity contribution is 5.97. The number of amides is 1. The number of rotatable bonds is 5. The number of aliphatic imine (C=N–C) groups is 1. The van der Waals surface area contributed by atoms with Crippen molar-refractivity contribution in [1.82, 2.24) is 4.90 Å². The third-order valence-corrected chi connectivity index (χ3v) is 5.35. The maximum atomic E-state index is 12.6. The molecule has 5 nitrogen and oxygen atoms in total. The van der Waals surface area contributed by atoms with Crippen molar-refractivity contribution in [3.63, 3.8) is 0 Å². The van der Waals surface area contributed by atoms with Crippen LogP contribution in [0.2, 0.25) is 0 Å². The van der Waals surface area contributed by atoms with Gasteiger partial charge in [0.25, 0.3) is 5.91 Å². The molecule has 1 aromatic carbocycles. The lowest BCUT2D eigenvalue weighted by Crippen LogP contribution is -2.61. The van der Waals surface area contributed by atoms with Gasteiger partial charge in [0.05, 0.1) is 12.1 Å². The number of anilines is 1. The maximum absolute atomic E-state index is 12.6. The zero-order valence-electron chi connectivity index (χ0n) is 15.9. The second kappa shape index (κ2) is 8.14. The van der Waals surface area contributed by atoms with E-state index in [1.165, 1.54) is 0 Å². The minimum absolute atomic E-state index is 0.0537. The van der Waals surface area contributed by atoms with Gasteiger partial charge in [0, 0.05) is 43.7 Å². The van der Waals surface area contributed by atoms with Crippen molar-refractivity contribution >= 4 is 17.8 Å². The molecule has 0 bridgehead atoms. The Balaban J connectivity index is 1.62. The fraction of sp³-hybridized carbons (Fsp3) is 0.524. The Labute approximate surface area is 156 Å². The van der Waals surface area contributed by atoms with Gasteiger partial charge < -0.3 is 14.5 Å². The summed E-state index contributed by atoms with van der Waals surface area (Å²) in [5, 5.41) is 0. The molecule has 26 heavy (non-hydrogen) atoms. The number of hydrogen-bond acceptors (Lipinski definition) is 4. The van der Waals surface area contributed by atoms with Crippen molar-refractivity contribution in [3.05, 3.63) is 42.6 Å². The number of carbonyl (C=O) groups is 1. The van der Waals surface area contributed by atoms with Crippen LogP contribution >= 0.6 is 0 Å². The summed E-state index contributed by atoms with van der Waals surface area (Å²) < 4.78 is 6.23. The first-order valence-corrected chi connectivity index (χ1v) is 9.46. The van der Waals surface area contributed by atoms with Crippen molar-refractivity contribution < 1.29 is 9.53 Å². The molecule has 1 atom stereocenters. The van der Waals surface area contributed by atoms with Crippen LogP contribution in [0.25, 0.3) is 0 Å². The predicted octanol–water partition coefficient (Wildman–Crippen LogP) is 3.27. The summed E-state index contributed by atoms with van der Waals surface area (Å²) in [5.41, 5.74) is 1.65. The summed E-state index contributed by atoms with van der Waals surface area (Å²) in [7, 11) is 0. The lowest BCUT2D eigenvalue weighted by molar-refractivity contribution is -0.161. The molecule has 5 heteroatoms. The van der Waals surface area contributed by atoms with Crippen molar-refractivity contribution in [2.75, 3.05) is 31.1 Å². The number of morpholine rings is 1. The summed E-state index contributed by atoms with van der Waals surface area (Å²) in [6.07, 6.45) is 4.17. The molecular weight excluding hydrogens is 326 g/mol. The first-order chi connectivity index (χ1) is 12.5. The van der Waals surface area contributed by atoms with Crippen LogP contribution in [0.5, 0.6) is 0 Å². The number of carbonyl (C=O) groups excluding carboxylic acids is 1. The maximum Gasteiger partial charge on any atom is 0.255 e. The van der Waals surface area contributed by atoms with Gasteiger partial charge in [-0.2, -0.15) is 0 Å². The van der Waals surface area contributed by atoms with Crippen LogP contribution < -0.4 is 4.90 Å². The highest BCUT2D eigenvalue weighted by atomic mass is 16.5. The lowest BCUT2D eigenvalue weighted by atomic mass is 9.88. The number of benzene rings is 1. The van der Waals surface area contributed by atoms with Gasteiger partial charge in [-0.25, -0.2) is 0 Å². The summed E-state index contributed by atoms with van der Waals surface area (Å²) in [4.78, 5) is 21.2. The average Bonchev–Trinajstić information content (AvgIpc) is 2.65. The van der Waals surface area contributed by atoms with E-state index in [9.17, 15) is 4.79 Å². The van der Waals surface area contributed by atoms with E-state index in [1.54, 1.807) is 6.21 Å². The zero-order chi connectivity index (χ0) is 18.6. The number of nitrogens with zero attached hydrogens (tertiary/aromatic N) is 3. The van der Waals surface area contributed by atoms with Crippen molar-refractivity contribution in [2.45, 2.75) is 44.8 Å². The van der Waals surface area contributed by atoms with E-state index in [2.05, 4.69) is 16.5 Å². The summed E-state index contributed by atoms with van der Waals surface area (Å²) in [6, 6.07) is 9.92. The average molecular weight is 355 g/mol. The number of hydrogen-bond donors (Lipinski definition) is 0. The smallest absolute Gasteiger partial charge is 0.255 e. The molecule has 0 N–H and O–H groups in total. The molecule has 2 aliphatic heterocycles. The highest BCUT2D eigenvalue weighted by Crippen LogP contribution is 2.35. The molecule has 2 fully saturated rings. The Bertz CT molecular complexity index is 663. The van der Waals surface area contributed by atoms with Crippen LogP contribution in [0.1, 0.15) is 33.1 Å². The van der Waals surface area contributed by atoms with E-state index in [4.69, 9.17) is 4.74 Å². The molecule has 0 radical (unpaired) electrons. The first-order valence-electron chi connectivity index (χ1n) is 9.46. The second-order valence-electron chi connectivity index (χ2n) is 7.25. The van der Waals surface area contributed by atoms with E-state index >= 15 is 0 Å². The van der Waals surface area contributed by atoms with Gasteiger partial charge >= 0.3 is 0 Å². The Morgan fingerprint density at radius 3 is 2.69 bits per heavy atom. The molecule has 2 heterocycles. The molecule has 1 unspecified atom stereocenters. The summed E-state index contributed by atoms with van der Waals surface area (Å²) in [5.74, 6) is 0.0537. The van der Waals surface area contributed by atoms with Crippen LogP contribution in [0.4, 0.5) is 5.69 Å². The molecular formula is C21H29N3O2. The Morgan fingerprint density at radius 2 is 2.04 bits per heavy atom. The molecule has 1 amide bonds. The number of ether oxygens (including phenoxy) is 1. The van der Waals surface area contributed by atoms with Gasteiger partial charge in [-0.3, -0.25) is 9.79 Å². The molecule has 0 aromatic heterocycles. The third-order valence-electron chi connectivity index (χ3n) is 5.35. The fourth-order valence-corrected chi connectivity index (χ4v) is 3.87. The normalized spacial score (nSPS) is 23.7. The highest BCUT2D eigenvalue weighted by Gasteiger charge is 2.45. The van der Waals surface area contributed by atoms with Gasteiger partial charge in [0.15, 0.2) is 0 Å². The summed E-state index contributed by atoms with van der Waals surface area (Å²) in [6.45, 7) is 11.3. The van der Waals surface area contributed by atoms with Gasteiger partial charge in [-0.1, -0.05) is 24.8 Å². The Kier molecular flexibility index (Phi) is 5.89. The van der Waals surface area contributed by atoms with Crippen LogP contribution in [-0.4, -0.2) is 54.9 Å². The molecule has 2 aliphatic rings. The standard InChI is InChI=1S/C21H29N3O2/c1-4-22-17(2)10-13-23-14-11-21(12-15-23)16-24(20(25)18(3)26-21)19-8-6-5-7-9-19/h4-9,18H,2,10-16H2,1,3H3. The monoisotopic (exact) mass is 355 g/mol. The first kappa shape index (κ1) is 18.8. The molecule has 2 saturated heterocycles. The number of para-hydroxylation sites is 1. The van der Waals surface area contributed by atoms with E-state index in [0.29, 0.717) is 6.54 Å². The fourth-order valence-electron chi connectivity index (χ4n) is 3.87. The predicted molar refractivity (Wildman–Crippen MR) is 106 cm³/mol. The topological polar surface area (TPSA) is 45.1 Å². The number of likely N-dealkylation sites (tertiary alicyclic amines) is 1. The lowest BCUT2D eigenvalue weighted by Gasteiger charge is -2.49. The van der Waals surface area contributed by atoms with Gasteiger partial charge in [0.2, 0.25) is 0 Å². The van der Waals surface area contributed by atoms with Crippen molar-refractivity contribution in [1.29, 1.82) is 0 Å². The van der Waals surface area contributed by atoms with Crippen molar-refractivity contribution in [3.8, 4) is 0 Å². The largest absolute Gasteiger partial charge is 0.360 e. The minimum atomic E-state index is -0.394. The molecule has 3 rings (SSSR count). The van der Waals surface area contributed by atoms with Gasteiger partial charge in [0.1, 0.15) is 6.10 Å². The molecule has 140 valence electrons. The molecule has 0 saturated carbocycles. The van der Waals surface area contributed by atoms with Crippen LogP contribution in [0.15, 0.2) is 47.6 Å². The van der Waals surface area contributed by atoms with Gasteiger partial charge in [-0.15, -0.1) is 0 Å². The van der Waals surface area contributed by atoms with E-state index in [1.807, 2.05) is 49.1 Å². The Morgan fingerprint density at radius 1 is 1.35 bits per heavy atom. The summed E-state index contributed by atoms with van der Waals surface area (Å²) >= 11 is 0. The SMILES string of the molecule is C=C(CCN1CCC2(CC1)CN(c1ccccc1)C(=O)C(C)O2)N=CC. The van der Waals surface area contributed by atoms with E-state index < -0.39 is 6.10 Å².